The van der Waals surface area contributed by atoms with Gasteiger partial charge in [-0.15, -0.1) is 0 Å². The molecule has 4 rings (SSSR count). The van der Waals surface area contributed by atoms with Crippen LogP contribution in [0.5, 0.6) is 0 Å². The van der Waals surface area contributed by atoms with E-state index in [1.807, 2.05) is 48.2 Å². The van der Waals surface area contributed by atoms with E-state index >= 15 is 0 Å². The highest BCUT2D eigenvalue weighted by atomic mass is 16.2. The molecular weight excluding hydrogens is 342 g/mol. The average Bonchev–Trinajstić information content (AvgIpc) is 3.07. The zero-order valence-electron chi connectivity index (χ0n) is 15.2. The molecule has 1 fully saturated rings. The van der Waals surface area contributed by atoms with Gasteiger partial charge in [0.25, 0.3) is 0 Å². The topological polar surface area (TPSA) is 84.2 Å². The predicted molar refractivity (Wildman–Crippen MR) is 107 cm³/mol. The van der Waals surface area contributed by atoms with Crippen molar-refractivity contribution in [2.45, 2.75) is 13.0 Å². The summed E-state index contributed by atoms with van der Waals surface area (Å²) < 4.78 is 0. The number of rotatable bonds is 4. The van der Waals surface area contributed by atoms with E-state index in [9.17, 15) is 9.59 Å². The second-order valence-electron chi connectivity index (χ2n) is 6.85. The molecule has 0 aliphatic carbocycles. The van der Waals surface area contributed by atoms with Crippen LogP contribution < -0.4 is 15.9 Å². The van der Waals surface area contributed by atoms with Crippen molar-refractivity contribution in [2.75, 3.05) is 36.4 Å². The number of benzene rings is 2. The molecular formula is C20H23N5O2. The molecule has 1 aromatic heterocycles. The number of aromatic nitrogens is 2. The Bertz CT molecular complexity index is 986. The lowest BCUT2D eigenvalue weighted by atomic mass is 10.2. The Balaban J connectivity index is 1.37. The Hall–Kier alpha value is -3.22. The van der Waals surface area contributed by atoms with Crippen LogP contribution in [0.25, 0.3) is 11.0 Å². The summed E-state index contributed by atoms with van der Waals surface area (Å²) in [6.45, 7) is 4.96. The number of imidazole rings is 1. The molecule has 140 valence electrons. The van der Waals surface area contributed by atoms with Crippen molar-refractivity contribution in [3.63, 3.8) is 0 Å². The number of carbonyl (C=O) groups is 1. The molecule has 3 N–H and O–H groups in total. The second-order valence-corrected chi connectivity index (χ2v) is 6.85. The zero-order chi connectivity index (χ0) is 18.8. The van der Waals surface area contributed by atoms with E-state index in [-0.39, 0.29) is 17.6 Å². The number of hydrogen-bond donors (Lipinski definition) is 3. The number of anilines is 2. The lowest BCUT2D eigenvalue weighted by Gasteiger charge is -2.37. The minimum Gasteiger partial charge on any atom is -0.374 e. The van der Waals surface area contributed by atoms with Crippen LogP contribution in [0.1, 0.15) is 6.92 Å². The molecule has 1 aliphatic heterocycles. The third-order valence-electron chi connectivity index (χ3n) is 4.98. The Morgan fingerprint density at radius 1 is 1.00 bits per heavy atom. The fourth-order valence-corrected chi connectivity index (χ4v) is 3.53. The lowest BCUT2D eigenvalue weighted by molar-refractivity contribution is -0.131. The number of aromatic amines is 2. The molecule has 0 radical (unpaired) electrons. The highest BCUT2D eigenvalue weighted by molar-refractivity contribution is 5.86. The summed E-state index contributed by atoms with van der Waals surface area (Å²) in [6, 6.07) is 15.5. The number of H-pyrrole nitrogens is 2. The Kier molecular flexibility index (Phi) is 4.58. The van der Waals surface area contributed by atoms with Crippen LogP contribution in [0.15, 0.2) is 53.3 Å². The van der Waals surface area contributed by atoms with Gasteiger partial charge in [-0.05, 0) is 37.3 Å². The number of nitrogens with zero attached hydrogens (tertiary/aromatic N) is 2. The standard InChI is InChI=1S/C20H23N5O2/c1-14(21-15-7-8-17-18(13-15)23-20(27)22-17)19(26)25-11-9-24(10-12-25)16-5-3-2-4-6-16/h2-8,13-14,21H,9-12H2,1H3,(H2,22,23,27)/t14-/m1/s1. The summed E-state index contributed by atoms with van der Waals surface area (Å²) in [5, 5.41) is 3.24. The normalized spacial score (nSPS) is 15.7. The van der Waals surface area contributed by atoms with Crippen LogP contribution in [0, 0.1) is 0 Å². The van der Waals surface area contributed by atoms with E-state index in [1.165, 1.54) is 5.69 Å². The molecule has 1 aliphatic rings. The second kappa shape index (κ2) is 7.19. The highest BCUT2D eigenvalue weighted by Crippen LogP contribution is 2.18. The number of carbonyl (C=O) groups excluding carboxylic acids is 1. The van der Waals surface area contributed by atoms with Crippen LogP contribution in [0.4, 0.5) is 11.4 Å². The molecule has 0 spiro atoms. The maximum Gasteiger partial charge on any atom is 0.323 e. The van der Waals surface area contributed by atoms with Crippen molar-refractivity contribution in [3.05, 3.63) is 59.0 Å². The van der Waals surface area contributed by atoms with Gasteiger partial charge in [0.2, 0.25) is 5.91 Å². The quantitative estimate of drug-likeness (QED) is 0.660. The third-order valence-corrected chi connectivity index (χ3v) is 4.98. The first kappa shape index (κ1) is 17.2. The van der Waals surface area contributed by atoms with Crippen LogP contribution in [-0.4, -0.2) is 53.0 Å². The van der Waals surface area contributed by atoms with Gasteiger partial charge in [-0.1, -0.05) is 18.2 Å². The number of amides is 1. The molecule has 0 saturated carbocycles. The van der Waals surface area contributed by atoms with Gasteiger partial charge < -0.3 is 25.1 Å². The molecule has 0 bridgehead atoms. The third kappa shape index (κ3) is 3.67. The molecule has 7 heteroatoms. The molecule has 1 saturated heterocycles. The van der Waals surface area contributed by atoms with Crippen molar-refractivity contribution in [1.29, 1.82) is 0 Å². The fraction of sp³-hybridized carbons (Fsp3) is 0.300. The number of nitrogens with one attached hydrogen (secondary N) is 3. The smallest absolute Gasteiger partial charge is 0.323 e. The van der Waals surface area contributed by atoms with E-state index < -0.39 is 0 Å². The maximum atomic E-state index is 12.8. The molecule has 2 aromatic carbocycles. The van der Waals surface area contributed by atoms with E-state index in [0.717, 1.165) is 29.8 Å². The first-order chi connectivity index (χ1) is 13.1. The van der Waals surface area contributed by atoms with Gasteiger partial charge in [-0.2, -0.15) is 0 Å². The SMILES string of the molecule is C[C@@H](Nc1ccc2[nH]c(=O)[nH]c2c1)C(=O)N1CCN(c2ccccc2)CC1. The Labute approximate surface area is 157 Å². The largest absolute Gasteiger partial charge is 0.374 e. The summed E-state index contributed by atoms with van der Waals surface area (Å²) in [7, 11) is 0. The molecule has 27 heavy (non-hydrogen) atoms. The van der Waals surface area contributed by atoms with Gasteiger partial charge in [0.1, 0.15) is 6.04 Å². The van der Waals surface area contributed by atoms with Crippen molar-refractivity contribution in [3.8, 4) is 0 Å². The number of fused-ring (bicyclic) bond motifs is 1. The lowest BCUT2D eigenvalue weighted by Crippen LogP contribution is -2.52. The van der Waals surface area contributed by atoms with Crippen LogP contribution in [-0.2, 0) is 4.79 Å². The number of hydrogen-bond acceptors (Lipinski definition) is 4. The first-order valence-corrected chi connectivity index (χ1v) is 9.17. The van der Waals surface area contributed by atoms with Gasteiger partial charge in [0.15, 0.2) is 0 Å². The van der Waals surface area contributed by atoms with Crippen LogP contribution in [0.3, 0.4) is 0 Å². The Morgan fingerprint density at radius 3 is 2.44 bits per heavy atom. The molecule has 2 heterocycles. The summed E-state index contributed by atoms with van der Waals surface area (Å²) >= 11 is 0. The predicted octanol–water partition coefficient (Wildman–Crippen LogP) is 2.01. The summed E-state index contributed by atoms with van der Waals surface area (Å²) in [5.74, 6) is 0.0883. The van der Waals surface area contributed by atoms with E-state index in [1.54, 1.807) is 0 Å². The molecule has 1 amide bonds. The molecule has 1 atom stereocenters. The number of para-hydroxylation sites is 1. The summed E-state index contributed by atoms with van der Waals surface area (Å²) in [5.41, 5.74) is 3.25. The molecule has 7 nitrogen and oxygen atoms in total. The van der Waals surface area contributed by atoms with Crippen molar-refractivity contribution >= 4 is 28.3 Å². The van der Waals surface area contributed by atoms with Crippen molar-refractivity contribution in [2.24, 2.45) is 0 Å². The van der Waals surface area contributed by atoms with Gasteiger partial charge in [0, 0.05) is 37.6 Å². The van der Waals surface area contributed by atoms with E-state index in [0.29, 0.717) is 13.1 Å². The Morgan fingerprint density at radius 2 is 1.70 bits per heavy atom. The van der Waals surface area contributed by atoms with Gasteiger partial charge in [0.05, 0.1) is 11.0 Å². The average molecular weight is 365 g/mol. The summed E-state index contributed by atoms with van der Waals surface area (Å²) in [4.78, 5) is 33.8. The van der Waals surface area contributed by atoms with Gasteiger partial charge >= 0.3 is 5.69 Å². The number of piperazine rings is 1. The van der Waals surface area contributed by atoms with E-state index in [4.69, 9.17) is 0 Å². The fourth-order valence-electron chi connectivity index (χ4n) is 3.53. The van der Waals surface area contributed by atoms with Gasteiger partial charge in [-0.3, -0.25) is 4.79 Å². The maximum absolute atomic E-state index is 12.8. The van der Waals surface area contributed by atoms with Crippen LogP contribution in [0.2, 0.25) is 0 Å². The molecule has 0 unspecified atom stereocenters. The van der Waals surface area contributed by atoms with E-state index in [2.05, 4.69) is 32.3 Å². The zero-order valence-corrected chi connectivity index (χ0v) is 15.2. The minimum atomic E-state index is -0.337. The van der Waals surface area contributed by atoms with Crippen molar-refractivity contribution in [1.82, 2.24) is 14.9 Å². The monoisotopic (exact) mass is 365 g/mol. The van der Waals surface area contributed by atoms with Crippen LogP contribution >= 0.6 is 0 Å². The van der Waals surface area contributed by atoms with Gasteiger partial charge in [-0.25, -0.2) is 4.79 Å². The highest BCUT2D eigenvalue weighted by Gasteiger charge is 2.25. The summed E-state index contributed by atoms with van der Waals surface area (Å²) in [6.07, 6.45) is 0. The van der Waals surface area contributed by atoms with Crippen molar-refractivity contribution < 1.29 is 4.79 Å². The molecule has 3 aromatic rings. The first-order valence-electron chi connectivity index (χ1n) is 9.17. The minimum absolute atomic E-state index is 0.0883.